The molecule has 2 amide bonds. The maximum absolute atomic E-state index is 15.9. The number of amides is 2. The lowest BCUT2D eigenvalue weighted by molar-refractivity contribution is 0.0240. The molecule has 1 saturated heterocycles. The number of nitrogens with zero attached hydrogens (tertiary/aromatic N) is 7. The molecule has 16 heteroatoms. The summed E-state index contributed by atoms with van der Waals surface area (Å²) in [6, 6.07) is 27.4. The van der Waals surface area contributed by atoms with E-state index in [9.17, 15) is 18.8 Å². The Labute approximate surface area is 354 Å². The molecule has 4 aromatic carbocycles. The van der Waals surface area contributed by atoms with Gasteiger partial charge in [-0.3, -0.25) is 9.59 Å². The van der Waals surface area contributed by atoms with Crippen molar-refractivity contribution in [3.8, 4) is 34.2 Å². The van der Waals surface area contributed by atoms with Crippen LogP contribution in [0.2, 0.25) is 0 Å². The fourth-order valence-corrected chi connectivity index (χ4v) is 7.00. The van der Waals surface area contributed by atoms with Gasteiger partial charge in [-0.1, -0.05) is 24.3 Å². The van der Waals surface area contributed by atoms with E-state index in [0.717, 1.165) is 33.3 Å². The van der Waals surface area contributed by atoms with Crippen LogP contribution in [0.4, 0.5) is 25.0 Å². The SMILES string of the molecule is COc1ccc(Cn2nc(-c3ccc(N4CCN(C(=O)OC(C)(C)C)CC4)cc3)c3c(Oc4ccc(NC(=O)c5ccnn(-c6ccc(F)cc6)c5=O)cc4F)ccnc32)cc1. The Balaban J connectivity index is 1.05. The van der Waals surface area contributed by atoms with E-state index in [1.807, 2.05) is 69.3 Å². The highest BCUT2D eigenvalue weighted by Gasteiger charge is 2.27. The van der Waals surface area contributed by atoms with Gasteiger partial charge in [0, 0.05) is 61.6 Å². The summed E-state index contributed by atoms with van der Waals surface area (Å²) in [5.41, 5.74) is 2.53. The largest absolute Gasteiger partial charge is 0.497 e. The fourth-order valence-electron chi connectivity index (χ4n) is 7.00. The molecular formula is C46H42F2N8O6. The van der Waals surface area contributed by atoms with Crippen LogP contribution in [0.15, 0.2) is 120 Å². The first-order chi connectivity index (χ1) is 29.8. The van der Waals surface area contributed by atoms with E-state index in [1.54, 1.807) is 29.0 Å². The molecule has 1 fully saturated rings. The second-order valence-corrected chi connectivity index (χ2v) is 15.5. The topological polar surface area (TPSA) is 146 Å². The van der Waals surface area contributed by atoms with Crippen molar-refractivity contribution in [1.82, 2.24) is 29.4 Å². The Morgan fingerprint density at radius 3 is 2.19 bits per heavy atom. The second kappa shape index (κ2) is 17.2. The Morgan fingerprint density at radius 1 is 0.806 bits per heavy atom. The van der Waals surface area contributed by atoms with Crippen LogP contribution in [0.3, 0.4) is 0 Å². The molecular weight excluding hydrogens is 799 g/mol. The molecule has 0 spiro atoms. The number of ether oxygens (including phenoxy) is 3. The molecule has 4 heterocycles. The zero-order chi connectivity index (χ0) is 43.5. The minimum Gasteiger partial charge on any atom is -0.497 e. The normalized spacial score (nSPS) is 12.9. The van der Waals surface area contributed by atoms with E-state index in [2.05, 4.69) is 20.3 Å². The van der Waals surface area contributed by atoms with Gasteiger partial charge in [0.05, 0.1) is 24.7 Å². The van der Waals surface area contributed by atoms with Crippen LogP contribution in [-0.4, -0.2) is 80.3 Å². The van der Waals surface area contributed by atoms with Gasteiger partial charge in [0.1, 0.15) is 34.2 Å². The van der Waals surface area contributed by atoms with Gasteiger partial charge in [0.15, 0.2) is 17.2 Å². The number of fused-ring (bicyclic) bond motifs is 1. The zero-order valence-electron chi connectivity index (χ0n) is 34.3. The fraction of sp³-hybridized carbons (Fsp3) is 0.217. The molecule has 3 aromatic heterocycles. The van der Waals surface area contributed by atoms with Crippen LogP contribution in [0, 0.1) is 11.6 Å². The van der Waals surface area contributed by atoms with Crippen molar-refractivity contribution in [3.63, 3.8) is 0 Å². The number of carbonyl (C=O) groups excluding carboxylic acids is 2. The van der Waals surface area contributed by atoms with Crippen LogP contribution < -0.4 is 25.2 Å². The van der Waals surface area contributed by atoms with Crippen LogP contribution >= 0.6 is 0 Å². The first-order valence-corrected chi connectivity index (χ1v) is 19.8. The molecule has 0 saturated carbocycles. The summed E-state index contributed by atoms with van der Waals surface area (Å²) in [6.45, 7) is 8.24. The van der Waals surface area contributed by atoms with E-state index in [4.69, 9.17) is 19.3 Å². The Bertz CT molecular complexity index is 2810. The molecule has 0 aliphatic carbocycles. The lowest BCUT2D eigenvalue weighted by Crippen LogP contribution is -2.50. The third-order valence-electron chi connectivity index (χ3n) is 10.1. The average molecular weight is 841 g/mol. The predicted molar refractivity (Wildman–Crippen MR) is 229 cm³/mol. The molecule has 1 N–H and O–H groups in total. The third kappa shape index (κ3) is 8.94. The Morgan fingerprint density at radius 2 is 1.52 bits per heavy atom. The van der Waals surface area contributed by atoms with Gasteiger partial charge in [-0.05, 0) is 99.1 Å². The standard InChI is InChI=1S/C46H42F2N8O6/c1-46(2,3)62-45(59)54-25-23-53(24-26-54)33-12-7-30(8-13-33)41-40-39(20-21-49-42(40)55(52-41)28-29-5-16-35(60-4)17-6-29)61-38-18-11-32(27-37(38)48)51-43(57)36-19-22-50-56(44(36)58)34-14-9-31(47)10-15-34/h5-22,27H,23-26,28H2,1-4H3,(H,51,57). The molecule has 14 nitrogen and oxygen atoms in total. The van der Waals surface area contributed by atoms with Gasteiger partial charge in [-0.2, -0.15) is 14.9 Å². The number of piperazine rings is 1. The third-order valence-corrected chi connectivity index (χ3v) is 10.1. The van der Waals surface area contributed by atoms with Crippen LogP contribution in [0.25, 0.3) is 28.0 Å². The lowest BCUT2D eigenvalue weighted by Gasteiger charge is -2.36. The second-order valence-electron chi connectivity index (χ2n) is 15.5. The molecule has 8 rings (SSSR count). The smallest absolute Gasteiger partial charge is 0.410 e. The summed E-state index contributed by atoms with van der Waals surface area (Å²) in [7, 11) is 1.60. The van der Waals surface area contributed by atoms with E-state index in [-0.39, 0.29) is 28.8 Å². The molecule has 0 radical (unpaired) electrons. The van der Waals surface area contributed by atoms with E-state index in [1.165, 1.54) is 48.7 Å². The minimum atomic E-state index is -0.792. The van der Waals surface area contributed by atoms with Crippen molar-refractivity contribution in [3.05, 3.63) is 149 Å². The van der Waals surface area contributed by atoms with Gasteiger partial charge < -0.3 is 29.3 Å². The summed E-state index contributed by atoms with van der Waals surface area (Å²) < 4.78 is 49.2. The molecule has 316 valence electrons. The number of carbonyl (C=O) groups is 2. The summed E-state index contributed by atoms with van der Waals surface area (Å²) in [5, 5.41) is 12.1. The van der Waals surface area contributed by atoms with Crippen molar-refractivity contribution in [2.75, 3.05) is 43.5 Å². The zero-order valence-corrected chi connectivity index (χ0v) is 34.3. The molecule has 0 unspecified atom stereocenters. The van der Waals surface area contributed by atoms with Crippen LogP contribution in [0.1, 0.15) is 36.7 Å². The van der Waals surface area contributed by atoms with Crippen molar-refractivity contribution in [2.45, 2.75) is 32.9 Å². The van der Waals surface area contributed by atoms with Crippen molar-refractivity contribution in [1.29, 1.82) is 0 Å². The number of benzene rings is 4. The van der Waals surface area contributed by atoms with Gasteiger partial charge in [0.2, 0.25) is 0 Å². The number of halogens is 2. The number of anilines is 2. The van der Waals surface area contributed by atoms with E-state index < -0.39 is 28.7 Å². The number of hydrogen-bond acceptors (Lipinski definition) is 10. The monoisotopic (exact) mass is 840 g/mol. The van der Waals surface area contributed by atoms with E-state index in [0.29, 0.717) is 55.2 Å². The highest BCUT2D eigenvalue weighted by Crippen LogP contribution is 2.38. The Kier molecular flexibility index (Phi) is 11.4. The summed E-state index contributed by atoms with van der Waals surface area (Å²) >= 11 is 0. The molecule has 1 aliphatic heterocycles. The Hall–Kier alpha value is -7.62. The molecule has 1 aliphatic rings. The summed E-state index contributed by atoms with van der Waals surface area (Å²) in [5.74, 6) is -1.19. The maximum atomic E-state index is 15.9. The quantitative estimate of drug-likeness (QED) is 0.144. The van der Waals surface area contributed by atoms with Gasteiger partial charge in [-0.25, -0.2) is 23.2 Å². The van der Waals surface area contributed by atoms with Crippen molar-refractivity contribution in [2.24, 2.45) is 0 Å². The summed E-state index contributed by atoms with van der Waals surface area (Å²) in [4.78, 5) is 47.6. The van der Waals surface area contributed by atoms with Crippen molar-refractivity contribution >= 4 is 34.4 Å². The molecule has 0 atom stereocenters. The predicted octanol–water partition coefficient (Wildman–Crippen LogP) is 8.08. The molecule has 0 bridgehead atoms. The van der Waals surface area contributed by atoms with Gasteiger partial charge in [0.25, 0.3) is 11.5 Å². The van der Waals surface area contributed by atoms with Gasteiger partial charge in [-0.15, -0.1) is 0 Å². The van der Waals surface area contributed by atoms with Gasteiger partial charge >= 0.3 is 6.09 Å². The highest BCUT2D eigenvalue weighted by molar-refractivity contribution is 6.04. The molecule has 7 aromatic rings. The average Bonchev–Trinajstić information content (AvgIpc) is 3.63. The maximum Gasteiger partial charge on any atom is 0.410 e. The number of methoxy groups -OCH3 is 1. The first-order valence-electron chi connectivity index (χ1n) is 19.8. The number of hydrogen-bond donors (Lipinski definition) is 1. The van der Waals surface area contributed by atoms with Crippen molar-refractivity contribution < 1.29 is 32.6 Å². The highest BCUT2D eigenvalue weighted by atomic mass is 19.1. The van der Waals surface area contributed by atoms with Crippen LogP contribution in [-0.2, 0) is 11.3 Å². The number of aromatic nitrogens is 5. The number of rotatable bonds is 10. The summed E-state index contributed by atoms with van der Waals surface area (Å²) in [6.07, 6.45) is 2.51. The number of pyridine rings is 1. The van der Waals surface area contributed by atoms with E-state index >= 15 is 4.39 Å². The minimum absolute atomic E-state index is 0.0728. The molecule has 62 heavy (non-hydrogen) atoms. The van der Waals surface area contributed by atoms with Crippen LogP contribution in [0.5, 0.6) is 17.2 Å². The number of nitrogens with one attached hydrogen (secondary N) is 1. The lowest BCUT2D eigenvalue weighted by atomic mass is 10.1. The first kappa shape index (κ1) is 41.1.